The third-order valence-corrected chi connectivity index (χ3v) is 34.7. The number of rotatable bonds is 4. The summed E-state index contributed by atoms with van der Waals surface area (Å²) in [6, 6.07) is 0. The van der Waals surface area contributed by atoms with Gasteiger partial charge in [-0.15, -0.1) is 0 Å². The Hall–Kier alpha value is 0.272. The van der Waals surface area contributed by atoms with Crippen molar-refractivity contribution in [1.29, 1.82) is 0 Å². The number of hydrogen-bond acceptors (Lipinski definition) is 2. The van der Waals surface area contributed by atoms with Gasteiger partial charge < -0.3 is 0 Å². The van der Waals surface area contributed by atoms with Crippen LogP contribution >= 0.6 is 0 Å². The molecule has 0 aliphatic heterocycles. The zero-order valence-electron chi connectivity index (χ0n) is 19.4. The van der Waals surface area contributed by atoms with E-state index in [-0.39, 0.29) is 11.1 Å². The summed E-state index contributed by atoms with van der Waals surface area (Å²) in [5, 5.41) is 0. The molecule has 0 aliphatic rings. The molecule has 5 heteroatoms. The zero-order valence-corrected chi connectivity index (χ0v) is 24.2. The SMILES string of the molecule is CC#[C][Sn]([C]#CC)([N](C(C)(C)C)[Si](C)(C)C)[N](C(C)(C)C)[Si](C)(C)C. The van der Waals surface area contributed by atoms with Gasteiger partial charge in [-0.3, -0.25) is 0 Å². The Morgan fingerprint density at radius 2 is 0.840 bits per heavy atom. The topological polar surface area (TPSA) is 6.48 Å². The van der Waals surface area contributed by atoms with Crippen LogP contribution in [0.1, 0.15) is 55.4 Å². The summed E-state index contributed by atoms with van der Waals surface area (Å²) >= 11 is -3.54. The van der Waals surface area contributed by atoms with Gasteiger partial charge in [0.25, 0.3) is 0 Å². The Bertz CT molecular complexity index is 497. The van der Waals surface area contributed by atoms with Gasteiger partial charge in [-0.2, -0.15) is 0 Å². The average Bonchev–Trinajstić information content (AvgIpc) is 2.19. The molecule has 0 aromatic rings. The third kappa shape index (κ3) is 6.14. The van der Waals surface area contributed by atoms with Gasteiger partial charge in [0.15, 0.2) is 0 Å². The van der Waals surface area contributed by atoms with Crippen LogP contribution in [0, 0.1) is 19.7 Å². The van der Waals surface area contributed by atoms with Gasteiger partial charge in [0.1, 0.15) is 0 Å². The van der Waals surface area contributed by atoms with Crippen LogP contribution in [0.3, 0.4) is 0 Å². The molecule has 0 spiro atoms. The van der Waals surface area contributed by atoms with Crippen molar-refractivity contribution in [1.82, 2.24) is 5.57 Å². The predicted octanol–water partition coefficient (Wildman–Crippen LogP) is 5.42. The Morgan fingerprint density at radius 3 is 0.960 bits per heavy atom. The molecule has 0 atom stereocenters. The summed E-state index contributed by atoms with van der Waals surface area (Å²) in [4.78, 5) is 0. The summed E-state index contributed by atoms with van der Waals surface area (Å²) in [7, 11) is -3.30. The quantitative estimate of drug-likeness (QED) is 0.388. The summed E-state index contributed by atoms with van der Waals surface area (Å²) < 4.78 is 13.4. The summed E-state index contributed by atoms with van der Waals surface area (Å²) in [5.41, 5.74) is 0.134. The fourth-order valence-corrected chi connectivity index (χ4v) is 40.3. The molecule has 2 nitrogen and oxygen atoms in total. The van der Waals surface area contributed by atoms with Crippen molar-refractivity contribution in [2.45, 2.75) is 106 Å². The molecule has 0 aliphatic carbocycles. The summed E-state index contributed by atoms with van der Waals surface area (Å²) in [6.45, 7) is 32.9. The maximum atomic E-state index is 3.83. The maximum absolute atomic E-state index is 3.83. The second-order valence-electron chi connectivity index (χ2n) is 10.8. The van der Waals surface area contributed by atoms with Gasteiger partial charge in [-0.05, 0) is 0 Å². The molecule has 0 saturated heterocycles. The molecule has 0 amide bonds. The third-order valence-electron chi connectivity index (χ3n) is 3.93. The fourth-order valence-electron chi connectivity index (χ4n) is 4.66. The second kappa shape index (κ2) is 8.11. The van der Waals surface area contributed by atoms with Gasteiger partial charge in [0.2, 0.25) is 0 Å². The van der Waals surface area contributed by atoms with Gasteiger partial charge in [0.05, 0.1) is 0 Å². The van der Waals surface area contributed by atoms with Crippen LogP contribution in [0.5, 0.6) is 0 Å². The van der Waals surface area contributed by atoms with Gasteiger partial charge in [0, 0.05) is 0 Å². The Kier molecular flexibility index (Phi) is 8.19. The van der Waals surface area contributed by atoms with Crippen molar-refractivity contribution >= 4 is 35.4 Å². The second-order valence-corrected chi connectivity index (χ2v) is 30.7. The molecular weight excluding hydrogens is 443 g/mol. The van der Waals surface area contributed by atoms with E-state index in [1.54, 1.807) is 0 Å². The molecule has 0 aromatic carbocycles. The monoisotopic (exact) mass is 486 g/mol. The summed E-state index contributed by atoms with van der Waals surface area (Å²) in [6.07, 6.45) is 0. The number of nitrogens with zero attached hydrogens (tertiary/aromatic N) is 2. The van der Waals surface area contributed by atoms with Crippen LogP contribution < -0.4 is 0 Å². The molecule has 0 unspecified atom stereocenters. The fraction of sp³-hybridized carbons (Fsp3) is 0.800. The van der Waals surface area contributed by atoms with Crippen molar-refractivity contribution in [3.05, 3.63) is 0 Å². The van der Waals surface area contributed by atoms with Crippen molar-refractivity contribution in [2.75, 3.05) is 0 Å². The molecule has 25 heavy (non-hydrogen) atoms. The number of hydrogen-bond donors (Lipinski definition) is 0. The van der Waals surface area contributed by atoms with Crippen LogP contribution in [-0.2, 0) is 0 Å². The van der Waals surface area contributed by atoms with E-state index in [4.69, 9.17) is 0 Å². The van der Waals surface area contributed by atoms with Crippen LogP contribution in [0.25, 0.3) is 0 Å². The first kappa shape index (κ1) is 25.3. The van der Waals surface area contributed by atoms with E-state index in [0.717, 1.165) is 0 Å². The average molecular weight is 485 g/mol. The molecule has 0 aromatic heterocycles. The van der Waals surface area contributed by atoms with Gasteiger partial charge in [-0.1, -0.05) is 0 Å². The molecule has 0 saturated carbocycles. The van der Waals surface area contributed by atoms with Crippen molar-refractivity contribution in [3.63, 3.8) is 0 Å². The van der Waals surface area contributed by atoms with Crippen molar-refractivity contribution in [3.8, 4) is 19.7 Å². The van der Waals surface area contributed by atoms with E-state index < -0.39 is 35.4 Å². The van der Waals surface area contributed by atoms with Crippen molar-refractivity contribution < 1.29 is 0 Å². The van der Waals surface area contributed by atoms with E-state index in [9.17, 15) is 0 Å². The standard InChI is InChI=1S/2C7H18NSi.2C3H3.Sn/c2*1-7(2,3)8-9(4,5)6;2*1-3-2;/h2*1-6H3;2*1H3;/q2*-1;;;+2. The molecule has 0 rings (SSSR count). The predicted molar refractivity (Wildman–Crippen MR) is 123 cm³/mol. The van der Waals surface area contributed by atoms with Crippen LogP contribution in [0.2, 0.25) is 39.3 Å². The van der Waals surface area contributed by atoms with Crippen LogP contribution in [0.4, 0.5) is 0 Å². The Balaban J connectivity index is 7.27. The first-order chi connectivity index (χ1) is 10.9. The van der Waals surface area contributed by atoms with Crippen molar-refractivity contribution in [2.24, 2.45) is 0 Å². The molecular formula is C20H42N2Si2Sn. The minimum atomic E-state index is -3.54. The summed E-state index contributed by atoms with van der Waals surface area (Å²) in [5.74, 6) is 6.69. The minimum absolute atomic E-state index is 0.0669. The molecule has 0 fully saturated rings. The molecule has 0 heterocycles. The zero-order chi connectivity index (χ0) is 20.5. The van der Waals surface area contributed by atoms with Gasteiger partial charge >= 0.3 is 166 Å². The Labute approximate surface area is 165 Å². The van der Waals surface area contributed by atoms with E-state index in [1.807, 2.05) is 13.8 Å². The van der Waals surface area contributed by atoms with E-state index in [0.29, 0.717) is 0 Å². The van der Waals surface area contributed by atoms with Gasteiger partial charge in [-0.25, -0.2) is 0 Å². The van der Waals surface area contributed by atoms with Crippen LogP contribution in [-0.4, -0.2) is 52.0 Å². The Morgan fingerprint density at radius 1 is 0.600 bits per heavy atom. The first-order valence-electron chi connectivity index (χ1n) is 9.34. The van der Waals surface area contributed by atoms with E-state index in [1.165, 1.54) is 0 Å². The van der Waals surface area contributed by atoms with E-state index in [2.05, 4.69) is 106 Å². The normalized spacial score (nSPS) is 14.1. The molecule has 0 bridgehead atoms. The van der Waals surface area contributed by atoms with E-state index >= 15 is 0 Å². The molecule has 144 valence electrons. The molecule has 0 N–H and O–H groups in total. The van der Waals surface area contributed by atoms with Crippen LogP contribution in [0.15, 0.2) is 0 Å². The molecule has 0 radical (unpaired) electrons. The first-order valence-corrected chi connectivity index (χ1v) is 21.6.